The summed E-state index contributed by atoms with van der Waals surface area (Å²) >= 11 is 0. The van der Waals surface area contributed by atoms with Gasteiger partial charge in [0.25, 0.3) is 0 Å². The smallest absolute Gasteiger partial charge is 0.368 e. The van der Waals surface area contributed by atoms with Gasteiger partial charge in [0.1, 0.15) is 12.4 Å². The van der Waals surface area contributed by atoms with Gasteiger partial charge in [-0.05, 0) is 53.6 Å². The molecule has 1 aromatic heterocycles. The van der Waals surface area contributed by atoms with Gasteiger partial charge in [0.05, 0.1) is 11.4 Å². The Bertz CT molecular complexity index is 1180. The zero-order valence-corrected chi connectivity index (χ0v) is 18.1. The van der Waals surface area contributed by atoms with Crippen LogP contribution < -0.4 is 5.69 Å². The first-order chi connectivity index (χ1) is 14.8. The number of tetrazole rings is 1. The lowest BCUT2D eigenvalue weighted by Crippen LogP contribution is -2.26. The maximum absolute atomic E-state index is 13.1. The first-order valence-corrected chi connectivity index (χ1v) is 9.54. The Morgan fingerprint density at radius 2 is 1.84 bits per heavy atom. The van der Waals surface area contributed by atoms with Crippen LogP contribution in [0.15, 0.2) is 57.5 Å². The normalized spacial score (nSPS) is 12.2. The van der Waals surface area contributed by atoms with Gasteiger partial charge in [-0.25, -0.2) is 9.18 Å². The molecule has 0 bridgehead atoms. The Morgan fingerprint density at radius 1 is 1.13 bits per heavy atom. The van der Waals surface area contributed by atoms with Crippen LogP contribution in [0, 0.1) is 12.7 Å². The van der Waals surface area contributed by atoms with Crippen LogP contribution in [0.3, 0.4) is 0 Å². The number of benzene rings is 2. The van der Waals surface area contributed by atoms with Crippen molar-refractivity contribution in [2.75, 3.05) is 14.1 Å². The molecule has 0 fully saturated rings. The molecule has 2 aromatic carbocycles. The van der Waals surface area contributed by atoms with E-state index in [1.165, 1.54) is 23.9 Å². The Labute approximate surface area is 179 Å². The van der Waals surface area contributed by atoms with Gasteiger partial charge in [-0.1, -0.05) is 29.4 Å². The number of aryl methyl sites for hydroxylation is 2. The number of aromatic nitrogens is 4. The molecule has 0 aliphatic rings. The van der Waals surface area contributed by atoms with Gasteiger partial charge in [0.2, 0.25) is 0 Å². The topological polar surface area (TPSA) is 89.9 Å². The average molecular weight is 425 g/mol. The molecule has 0 amide bonds. The zero-order valence-electron chi connectivity index (χ0n) is 18.1. The summed E-state index contributed by atoms with van der Waals surface area (Å²) in [5.41, 5.74) is 3.31. The minimum atomic E-state index is -0.354. The van der Waals surface area contributed by atoms with Crippen LogP contribution in [0.1, 0.15) is 23.6 Å². The van der Waals surface area contributed by atoms with E-state index in [1.54, 1.807) is 44.1 Å². The van der Waals surface area contributed by atoms with E-state index < -0.39 is 0 Å². The van der Waals surface area contributed by atoms with Crippen molar-refractivity contribution in [2.45, 2.75) is 20.5 Å². The van der Waals surface area contributed by atoms with E-state index in [0.29, 0.717) is 11.4 Å². The number of hydrogen-bond donors (Lipinski definition) is 0. The summed E-state index contributed by atoms with van der Waals surface area (Å²) in [5, 5.41) is 16.1. The van der Waals surface area contributed by atoms with Crippen molar-refractivity contribution >= 4 is 11.7 Å². The molecule has 0 radical (unpaired) electrons. The number of hydrogen-bond acceptors (Lipinski definition) is 6. The van der Waals surface area contributed by atoms with E-state index >= 15 is 0 Å². The fourth-order valence-corrected chi connectivity index (χ4v) is 2.79. The second-order valence-corrected chi connectivity index (χ2v) is 7.13. The molecule has 31 heavy (non-hydrogen) atoms. The van der Waals surface area contributed by atoms with Gasteiger partial charge in [-0.2, -0.15) is 14.5 Å². The Kier molecular flexibility index (Phi) is 6.58. The minimum absolute atomic E-state index is 0.146. The van der Waals surface area contributed by atoms with Gasteiger partial charge in [-0.15, -0.1) is 0 Å². The van der Waals surface area contributed by atoms with Gasteiger partial charge in [-0.3, -0.25) is 0 Å². The maximum atomic E-state index is 13.1. The minimum Gasteiger partial charge on any atom is -0.459 e. The molecule has 0 unspecified atom stereocenters. The summed E-state index contributed by atoms with van der Waals surface area (Å²) in [6.45, 7) is 3.85. The van der Waals surface area contributed by atoms with Gasteiger partial charge >= 0.3 is 11.7 Å². The average Bonchev–Trinajstić information content (AvgIpc) is 3.07. The molecule has 0 N–H and O–H groups in total. The van der Waals surface area contributed by atoms with E-state index in [2.05, 4.69) is 20.6 Å². The molecule has 3 rings (SSSR count). The van der Waals surface area contributed by atoms with Crippen molar-refractivity contribution in [1.29, 1.82) is 0 Å². The van der Waals surface area contributed by atoms with Crippen molar-refractivity contribution < 1.29 is 9.13 Å². The number of ether oxygens (including phenoxy) is 1. The Morgan fingerprint density at radius 3 is 2.45 bits per heavy atom. The maximum Gasteiger partial charge on any atom is 0.368 e. The van der Waals surface area contributed by atoms with Gasteiger partial charge in [0, 0.05) is 26.7 Å². The molecular formula is C21H24FN7O2. The fourth-order valence-electron chi connectivity index (χ4n) is 2.79. The van der Waals surface area contributed by atoms with Crippen LogP contribution in [-0.2, 0) is 18.4 Å². The largest absolute Gasteiger partial charge is 0.459 e. The number of nitrogens with zero attached hydrogens (tertiary/aromatic N) is 7. The predicted molar refractivity (Wildman–Crippen MR) is 116 cm³/mol. The van der Waals surface area contributed by atoms with Crippen molar-refractivity contribution in [3.63, 3.8) is 0 Å². The summed E-state index contributed by atoms with van der Waals surface area (Å²) < 4.78 is 21.4. The Balaban J connectivity index is 1.86. The zero-order chi connectivity index (χ0) is 22.5. The van der Waals surface area contributed by atoms with Crippen LogP contribution in [0.2, 0.25) is 0 Å². The first kappa shape index (κ1) is 21.9. The highest BCUT2D eigenvalue weighted by Gasteiger charge is 2.15. The SMILES string of the molecule is CC(=NN=C(OCc1c(C)cccc1-n1nnn(C)c1=O)N(C)C)c1ccc(F)cc1. The third-order valence-corrected chi connectivity index (χ3v) is 4.61. The van der Waals surface area contributed by atoms with E-state index in [0.717, 1.165) is 21.4 Å². The highest BCUT2D eigenvalue weighted by molar-refractivity contribution is 5.98. The fraction of sp³-hybridized carbons (Fsp3) is 0.286. The van der Waals surface area contributed by atoms with Crippen molar-refractivity contribution in [3.05, 3.63) is 75.5 Å². The van der Waals surface area contributed by atoms with Crippen LogP contribution in [-0.4, -0.2) is 50.5 Å². The molecule has 0 spiro atoms. The van der Waals surface area contributed by atoms with Crippen LogP contribution in [0.4, 0.5) is 4.39 Å². The molecular weight excluding hydrogens is 401 g/mol. The van der Waals surface area contributed by atoms with Gasteiger partial charge < -0.3 is 9.64 Å². The number of rotatable bonds is 5. The molecule has 0 aliphatic carbocycles. The van der Waals surface area contributed by atoms with Crippen LogP contribution >= 0.6 is 0 Å². The van der Waals surface area contributed by atoms with E-state index in [9.17, 15) is 9.18 Å². The second kappa shape index (κ2) is 9.33. The molecule has 162 valence electrons. The molecule has 0 atom stereocenters. The highest BCUT2D eigenvalue weighted by atomic mass is 19.1. The standard InChI is InChI=1S/C21H24FN7O2/c1-14-7-6-8-19(29-21(30)28(5)25-26-29)18(14)13-31-20(27(3)4)24-23-15(2)16-9-11-17(22)12-10-16/h6-12H,13H2,1-5H3. The highest BCUT2D eigenvalue weighted by Crippen LogP contribution is 2.18. The third kappa shape index (κ3) is 5.03. The summed E-state index contributed by atoms with van der Waals surface area (Å²) in [5.74, 6) is -0.311. The van der Waals surface area contributed by atoms with Crippen molar-refractivity contribution in [3.8, 4) is 5.69 Å². The number of halogens is 1. The molecule has 10 heteroatoms. The van der Waals surface area contributed by atoms with E-state index in [-0.39, 0.29) is 24.1 Å². The molecule has 1 heterocycles. The third-order valence-electron chi connectivity index (χ3n) is 4.61. The first-order valence-electron chi connectivity index (χ1n) is 9.54. The predicted octanol–water partition coefficient (Wildman–Crippen LogP) is 2.27. The summed E-state index contributed by atoms with van der Waals surface area (Å²) in [4.78, 5) is 14.0. The molecule has 0 aliphatic heterocycles. The summed E-state index contributed by atoms with van der Waals surface area (Å²) in [6.07, 6.45) is 0. The lowest BCUT2D eigenvalue weighted by molar-refractivity contribution is 0.244. The summed E-state index contributed by atoms with van der Waals surface area (Å²) in [7, 11) is 5.11. The monoisotopic (exact) mass is 425 g/mol. The van der Waals surface area contributed by atoms with Crippen LogP contribution in [0.5, 0.6) is 0 Å². The molecule has 0 saturated carbocycles. The summed E-state index contributed by atoms with van der Waals surface area (Å²) in [6, 6.07) is 11.8. The molecule has 3 aromatic rings. The molecule has 9 nitrogen and oxygen atoms in total. The van der Waals surface area contributed by atoms with E-state index in [1.807, 2.05) is 19.1 Å². The van der Waals surface area contributed by atoms with Crippen molar-refractivity contribution in [2.24, 2.45) is 17.3 Å². The Hall–Kier alpha value is -3.82. The van der Waals surface area contributed by atoms with E-state index in [4.69, 9.17) is 4.74 Å². The quantitative estimate of drug-likeness (QED) is 0.355. The van der Waals surface area contributed by atoms with Crippen molar-refractivity contribution in [1.82, 2.24) is 24.7 Å². The van der Waals surface area contributed by atoms with Crippen LogP contribution in [0.25, 0.3) is 5.69 Å². The lowest BCUT2D eigenvalue weighted by Gasteiger charge is -2.17. The lowest BCUT2D eigenvalue weighted by atomic mass is 10.1. The number of amidine groups is 1. The second-order valence-electron chi connectivity index (χ2n) is 7.13. The van der Waals surface area contributed by atoms with Gasteiger partial charge in [0.15, 0.2) is 0 Å². The molecule has 0 saturated heterocycles.